The van der Waals surface area contributed by atoms with Gasteiger partial charge < -0.3 is 10.1 Å². The minimum absolute atomic E-state index is 0.0818. The van der Waals surface area contributed by atoms with Gasteiger partial charge in [0.25, 0.3) is 0 Å². The third kappa shape index (κ3) is 4.96. The summed E-state index contributed by atoms with van der Waals surface area (Å²) in [6.45, 7) is -2.95. The maximum atomic E-state index is 12.3. The zero-order chi connectivity index (χ0) is 15.9. The third-order valence-electron chi connectivity index (χ3n) is 2.64. The summed E-state index contributed by atoms with van der Waals surface area (Å²) in [5.74, 6) is -0.521. The van der Waals surface area contributed by atoms with Gasteiger partial charge in [-0.05, 0) is 35.9 Å². The predicted octanol–water partition coefficient (Wildman–Crippen LogP) is 4.70. The standard InChI is InChI=1S/C16H12BrF2NO2/c17-12-5-3-4-11(10-12)8-9-15(21)20-13-6-1-2-7-14(13)22-16(18)19/h1-10,16H,(H,20,21)/b9-8+. The van der Waals surface area contributed by atoms with Crippen molar-refractivity contribution in [1.82, 2.24) is 0 Å². The molecule has 0 heterocycles. The first-order chi connectivity index (χ1) is 10.5. The van der Waals surface area contributed by atoms with Crippen LogP contribution in [-0.4, -0.2) is 12.5 Å². The first-order valence-electron chi connectivity index (χ1n) is 6.33. The summed E-state index contributed by atoms with van der Waals surface area (Å²) in [5, 5.41) is 2.50. The summed E-state index contributed by atoms with van der Waals surface area (Å²) in [6.07, 6.45) is 2.94. The zero-order valence-corrected chi connectivity index (χ0v) is 12.9. The highest BCUT2D eigenvalue weighted by Crippen LogP contribution is 2.25. The monoisotopic (exact) mass is 367 g/mol. The van der Waals surface area contributed by atoms with Crippen molar-refractivity contribution in [3.63, 3.8) is 0 Å². The number of para-hydroxylation sites is 2. The van der Waals surface area contributed by atoms with E-state index in [0.717, 1.165) is 10.0 Å². The van der Waals surface area contributed by atoms with Gasteiger partial charge in [0.2, 0.25) is 5.91 Å². The second kappa shape index (κ2) is 7.70. The molecular weight excluding hydrogens is 356 g/mol. The molecule has 22 heavy (non-hydrogen) atoms. The van der Waals surface area contributed by atoms with E-state index in [1.807, 2.05) is 24.3 Å². The van der Waals surface area contributed by atoms with Gasteiger partial charge >= 0.3 is 6.61 Å². The average molecular weight is 368 g/mol. The van der Waals surface area contributed by atoms with Gasteiger partial charge in [0.15, 0.2) is 0 Å². The molecule has 2 aromatic rings. The Bertz CT molecular complexity index is 689. The Kier molecular flexibility index (Phi) is 5.66. The molecule has 0 saturated carbocycles. The van der Waals surface area contributed by atoms with E-state index < -0.39 is 12.5 Å². The molecule has 0 atom stereocenters. The molecule has 114 valence electrons. The van der Waals surface area contributed by atoms with Gasteiger partial charge in [-0.1, -0.05) is 40.2 Å². The van der Waals surface area contributed by atoms with E-state index in [-0.39, 0.29) is 11.4 Å². The number of alkyl halides is 2. The number of hydrogen-bond donors (Lipinski definition) is 1. The molecular formula is C16H12BrF2NO2. The van der Waals surface area contributed by atoms with E-state index >= 15 is 0 Å². The first kappa shape index (κ1) is 16.2. The minimum atomic E-state index is -2.95. The van der Waals surface area contributed by atoms with Crippen molar-refractivity contribution in [2.45, 2.75) is 6.61 Å². The second-order valence-electron chi connectivity index (χ2n) is 4.25. The topological polar surface area (TPSA) is 38.3 Å². The fraction of sp³-hybridized carbons (Fsp3) is 0.0625. The number of benzene rings is 2. The number of carbonyl (C=O) groups is 1. The Balaban J connectivity index is 2.06. The molecule has 0 spiro atoms. The van der Waals surface area contributed by atoms with Crippen LogP contribution >= 0.6 is 15.9 Å². The molecule has 2 rings (SSSR count). The molecule has 0 aliphatic heterocycles. The molecule has 0 aliphatic rings. The van der Waals surface area contributed by atoms with Crippen molar-refractivity contribution in [2.24, 2.45) is 0 Å². The van der Waals surface area contributed by atoms with Crippen molar-refractivity contribution in [2.75, 3.05) is 5.32 Å². The van der Waals surface area contributed by atoms with Crippen LogP contribution in [0.25, 0.3) is 6.08 Å². The van der Waals surface area contributed by atoms with E-state index in [0.29, 0.717) is 0 Å². The lowest BCUT2D eigenvalue weighted by atomic mass is 10.2. The zero-order valence-electron chi connectivity index (χ0n) is 11.3. The van der Waals surface area contributed by atoms with E-state index in [4.69, 9.17) is 0 Å². The number of amides is 1. The maximum absolute atomic E-state index is 12.3. The summed E-state index contributed by atoms with van der Waals surface area (Å²) in [5.41, 5.74) is 1.02. The lowest BCUT2D eigenvalue weighted by molar-refractivity contribution is -0.111. The number of ether oxygens (including phenoxy) is 1. The second-order valence-corrected chi connectivity index (χ2v) is 5.17. The van der Waals surface area contributed by atoms with Crippen molar-refractivity contribution < 1.29 is 18.3 Å². The highest BCUT2D eigenvalue weighted by Gasteiger charge is 2.10. The van der Waals surface area contributed by atoms with Crippen molar-refractivity contribution in [1.29, 1.82) is 0 Å². The number of hydrogen-bond acceptors (Lipinski definition) is 2. The van der Waals surface area contributed by atoms with E-state index in [9.17, 15) is 13.6 Å². The van der Waals surface area contributed by atoms with Crippen molar-refractivity contribution in [3.8, 4) is 5.75 Å². The molecule has 2 aromatic carbocycles. The molecule has 0 aliphatic carbocycles. The normalized spacial score (nSPS) is 10.9. The summed E-state index contributed by atoms with van der Waals surface area (Å²) in [4.78, 5) is 11.9. The summed E-state index contributed by atoms with van der Waals surface area (Å²) >= 11 is 3.33. The number of halogens is 3. The fourth-order valence-corrected chi connectivity index (χ4v) is 2.14. The first-order valence-corrected chi connectivity index (χ1v) is 7.12. The molecule has 0 unspecified atom stereocenters. The van der Waals surface area contributed by atoms with E-state index in [2.05, 4.69) is 26.0 Å². The van der Waals surface area contributed by atoms with Gasteiger partial charge in [-0.3, -0.25) is 4.79 Å². The Morgan fingerprint density at radius 3 is 2.68 bits per heavy atom. The SMILES string of the molecule is O=C(/C=C/c1cccc(Br)c1)Nc1ccccc1OC(F)F. The lowest BCUT2D eigenvalue weighted by Gasteiger charge is -2.10. The molecule has 0 aromatic heterocycles. The molecule has 0 radical (unpaired) electrons. The van der Waals surface area contributed by atoms with Crippen molar-refractivity contribution in [3.05, 3.63) is 64.6 Å². The van der Waals surface area contributed by atoms with Gasteiger partial charge in [0.1, 0.15) is 5.75 Å². The van der Waals surface area contributed by atoms with Gasteiger partial charge in [-0.2, -0.15) is 8.78 Å². The lowest BCUT2D eigenvalue weighted by Crippen LogP contribution is -2.11. The summed E-state index contributed by atoms with van der Waals surface area (Å²) in [6, 6.07) is 13.4. The highest BCUT2D eigenvalue weighted by atomic mass is 79.9. The van der Waals surface area contributed by atoms with Gasteiger partial charge in [0, 0.05) is 10.5 Å². The van der Waals surface area contributed by atoms with Crippen LogP contribution in [0, 0.1) is 0 Å². The predicted molar refractivity (Wildman–Crippen MR) is 84.9 cm³/mol. The molecule has 3 nitrogen and oxygen atoms in total. The Hall–Kier alpha value is -2.21. The van der Waals surface area contributed by atoms with Crippen LogP contribution in [0.1, 0.15) is 5.56 Å². The summed E-state index contributed by atoms with van der Waals surface area (Å²) in [7, 11) is 0. The van der Waals surface area contributed by atoms with Gasteiger partial charge in [-0.25, -0.2) is 0 Å². The Labute approximate surface area is 134 Å². The Morgan fingerprint density at radius 1 is 1.18 bits per heavy atom. The quantitative estimate of drug-likeness (QED) is 0.777. The average Bonchev–Trinajstić information content (AvgIpc) is 2.47. The van der Waals surface area contributed by atoms with Crippen LogP contribution < -0.4 is 10.1 Å². The Morgan fingerprint density at radius 2 is 1.95 bits per heavy atom. The summed E-state index contributed by atoms with van der Waals surface area (Å²) < 4.78 is 29.8. The van der Waals surface area contributed by atoms with Crippen LogP contribution in [0.15, 0.2) is 59.1 Å². The van der Waals surface area contributed by atoms with Gasteiger partial charge in [-0.15, -0.1) is 0 Å². The maximum Gasteiger partial charge on any atom is 0.387 e. The molecule has 1 amide bonds. The van der Waals surface area contributed by atoms with Crippen LogP contribution in [0.3, 0.4) is 0 Å². The fourth-order valence-electron chi connectivity index (χ4n) is 1.73. The molecule has 0 saturated heterocycles. The number of rotatable bonds is 5. The van der Waals surface area contributed by atoms with E-state index in [1.54, 1.807) is 18.2 Å². The molecule has 6 heteroatoms. The van der Waals surface area contributed by atoms with Crippen LogP contribution in [0.2, 0.25) is 0 Å². The molecule has 0 fully saturated rings. The van der Waals surface area contributed by atoms with E-state index in [1.165, 1.54) is 18.2 Å². The van der Waals surface area contributed by atoms with Crippen LogP contribution in [-0.2, 0) is 4.79 Å². The van der Waals surface area contributed by atoms with Gasteiger partial charge in [0.05, 0.1) is 5.69 Å². The molecule has 1 N–H and O–H groups in total. The number of carbonyl (C=O) groups excluding carboxylic acids is 1. The number of nitrogens with one attached hydrogen (secondary N) is 1. The minimum Gasteiger partial charge on any atom is -0.433 e. The smallest absolute Gasteiger partial charge is 0.387 e. The van der Waals surface area contributed by atoms with Crippen LogP contribution in [0.5, 0.6) is 5.75 Å². The van der Waals surface area contributed by atoms with Crippen LogP contribution in [0.4, 0.5) is 14.5 Å². The largest absolute Gasteiger partial charge is 0.433 e. The highest BCUT2D eigenvalue weighted by molar-refractivity contribution is 9.10. The molecule has 0 bridgehead atoms. The van der Waals surface area contributed by atoms with Crippen molar-refractivity contribution >= 4 is 33.6 Å². The third-order valence-corrected chi connectivity index (χ3v) is 3.13. The number of anilines is 1.